The van der Waals surface area contributed by atoms with Crippen LogP contribution in [0.25, 0.3) is 0 Å². The highest BCUT2D eigenvalue weighted by Crippen LogP contribution is 2.24. The minimum atomic E-state index is -3.65. The summed E-state index contributed by atoms with van der Waals surface area (Å²) in [7, 11) is -3.65. The first-order valence-corrected chi connectivity index (χ1v) is 6.28. The van der Waals surface area contributed by atoms with Crippen LogP contribution in [-0.4, -0.2) is 19.5 Å². The van der Waals surface area contributed by atoms with Gasteiger partial charge in [0.2, 0.25) is 0 Å². The van der Waals surface area contributed by atoms with E-state index in [1.807, 2.05) is 0 Å². The fourth-order valence-electron chi connectivity index (χ4n) is 1.08. The molecule has 0 aliphatic carbocycles. The molecular weight excluding hydrogens is 236 g/mol. The van der Waals surface area contributed by atoms with Crippen molar-refractivity contribution in [2.75, 3.05) is 0 Å². The number of benzene rings is 1. The van der Waals surface area contributed by atoms with Gasteiger partial charge in [-0.1, -0.05) is 23.7 Å². The number of hydrogen-bond acceptors (Lipinski definition) is 3. The summed E-state index contributed by atoms with van der Waals surface area (Å²) in [6.07, 6.45) is 0. The first kappa shape index (κ1) is 12.2. The van der Waals surface area contributed by atoms with Crippen LogP contribution in [0.1, 0.15) is 13.8 Å². The number of ketones is 1. The largest absolute Gasteiger partial charge is 0.299 e. The Morgan fingerprint density at radius 2 is 1.87 bits per heavy atom. The summed E-state index contributed by atoms with van der Waals surface area (Å²) in [5.41, 5.74) is 0. The molecule has 0 amide bonds. The zero-order valence-electron chi connectivity index (χ0n) is 8.40. The maximum absolute atomic E-state index is 11.9. The van der Waals surface area contributed by atoms with Crippen molar-refractivity contribution >= 4 is 27.2 Å². The third kappa shape index (κ3) is 2.38. The highest BCUT2D eigenvalue weighted by atomic mass is 35.5. The molecule has 0 spiro atoms. The Bertz CT molecular complexity index is 479. The van der Waals surface area contributed by atoms with Crippen molar-refractivity contribution < 1.29 is 13.2 Å². The summed E-state index contributed by atoms with van der Waals surface area (Å²) >= 11 is 5.77. The lowest BCUT2D eigenvalue weighted by Gasteiger charge is -2.10. The number of rotatable bonds is 3. The molecule has 0 heterocycles. The van der Waals surface area contributed by atoms with E-state index in [-0.39, 0.29) is 9.92 Å². The van der Waals surface area contributed by atoms with E-state index in [9.17, 15) is 13.2 Å². The molecule has 1 rings (SSSR count). The van der Waals surface area contributed by atoms with E-state index in [1.54, 1.807) is 12.1 Å². The molecule has 3 nitrogen and oxygen atoms in total. The normalized spacial score (nSPS) is 13.5. The number of hydrogen-bond donors (Lipinski definition) is 0. The van der Waals surface area contributed by atoms with Crippen LogP contribution in [0.15, 0.2) is 29.2 Å². The number of halogens is 1. The minimum absolute atomic E-state index is 0.00867. The molecule has 5 heteroatoms. The van der Waals surface area contributed by atoms with Gasteiger partial charge >= 0.3 is 0 Å². The van der Waals surface area contributed by atoms with Crippen molar-refractivity contribution in [3.63, 3.8) is 0 Å². The highest BCUT2D eigenvalue weighted by molar-refractivity contribution is 7.92. The lowest BCUT2D eigenvalue weighted by atomic mass is 10.3. The molecule has 1 aromatic carbocycles. The second-order valence-electron chi connectivity index (χ2n) is 3.23. The molecule has 0 aliphatic rings. The Morgan fingerprint density at radius 3 is 2.33 bits per heavy atom. The third-order valence-corrected chi connectivity index (χ3v) is 4.85. The van der Waals surface area contributed by atoms with Crippen molar-refractivity contribution in [1.82, 2.24) is 0 Å². The van der Waals surface area contributed by atoms with Crippen molar-refractivity contribution in [3.05, 3.63) is 29.3 Å². The maximum atomic E-state index is 11.9. The van der Waals surface area contributed by atoms with Crippen LogP contribution in [0, 0.1) is 0 Å². The molecule has 0 aliphatic heterocycles. The summed E-state index contributed by atoms with van der Waals surface area (Å²) in [6, 6.07) is 6.10. The molecule has 0 saturated carbocycles. The Morgan fingerprint density at radius 1 is 1.33 bits per heavy atom. The van der Waals surface area contributed by atoms with Crippen molar-refractivity contribution in [2.24, 2.45) is 0 Å². The maximum Gasteiger partial charge on any atom is 0.189 e. The van der Waals surface area contributed by atoms with Crippen molar-refractivity contribution in [1.29, 1.82) is 0 Å². The molecule has 0 saturated heterocycles. The first-order chi connectivity index (χ1) is 6.87. The van der Waals surface area contributed by atoms with Crippen molar-refractivity contribution in [3.8, 4) is 0 Å². The Labute approximate surface area is 94.0 Å². The number of Topliss-reactive ketones (excluding diaryl/α,β-unsaturated/α-hetero) is 1. The topological polar surface area (TPSA) is 51.2 Å². The zero-order valence-corrected chi connectivity index (χ0v) is 9.97. The van der Waals surface area contributed by atoms with Crippen molar-refractivity contribution in [2.45, 2.75) is 24.0 Å². The molecule has 15 heavy (non-hydrogen) atoms. The van der Waals surface area contributed by atoms with Crippen LogP contribution >= 0.6 is 11.6 Å². The SMILES string of the molecule is CC(=O)C(C)S(=O)(=O)c1ccccc1Cl. The lowest BCUT2D eigenvalue weighted by molar-refractivity contribution is -0.116. The smallest absolute Gasteiger partial charge is 0.189 e. The summed E-state index contributed by atoms with van der Waals surface area (Å²) in [5, 5.41) is -0.914. The van der Waals surface area contributed by atoms with E-state index >= 15 is 0 Å². The quantitative estimate of drug-likeness (QED) is 0.821. The van der Waals surface area contributed by atoms with Gasteiger partial charge in [0.1, 0.15) is 11.0 Å². The average Bonchev–Trinajstić information content (AvgIpc) is 2.16. The van der Waals surface area contributed by atoms with Gasteiger partial charge in [-0.25, -0.2) is 8.42 Å². The van der Waals surface area contributed by atoms with E-state index in [0.29, 0.717) is 0 Å². The van der Waals surface area contributed by atoms with Gasteiger partial charge in [-0.05, 0) is 26.0 Å². The Kier molecular flexibility index (Phi) is 3.52. The summed E-state index contributed by atoms with van der Waals surface area (Å²) in [4.78, 5) is 11.1. The molecular formula is C10H11ClO3S. The molecule has 82 valence electrons. The lowest BCUT2D eigenvalue weighted by Crippen LogP contribution is -2.25. The molecule has 0 radical (unpaired) electrons. The van der Waals surface area contributed by atoms with Crippen LogP contribution in [0.3, 0.4) is 0 Å². The fraction of sp³-hybridized carbons (Fsp3) is 0.300. The standard InChI is InChI=1S/C10H11ClO3S/c1-7(12)8(2)15(13,14)10-6-4-3-5-9(10)11/h3-6,8H,1-2H3. The first-order valence-electron chi connectivity index (χ1n) is 4.36. The molecule has 1 aromatic rings. The summed E-state index contributed by atoms with van der Waals surface area (Å²) in [5.74, 6) is -0.394. The predicted octanol–water partition coefficient (Wildman–Crippen LogP) is 2.09. The zero-order chi connectivity index (χ0) is 11.6. The second kappa shape index (κ2) is 4.33. The summed E-state index contributed by atoms with van der Waals surface area (Å²) in [6.45, 7) is 2.61. The van der Waals surface area contributed by atoms with Gasteiger partial charge in [-0.15, -0.1) is 0 Å². The minimum Gasteiger partial charge on any atom is -0.299 e. The molecule has 0 N–H and O–H groups in total. The van der Waals surface area contributed by atoms with Gasteiger partial charge in [0.25, 0.3) is 0 Å². The number of carbonyl (C=O) groups is 1. The van der Waals surface area contributed by atoms with Gasteiger partial charge in [0, 0.05) is 0 Å². The van der Waals surface area contributed by atoms with Gasteiger partial charge in [-0.2, -0.15) is 0 Å². The Balaban J connectivity index is 3.30. The Hall–Kier alpha value is -0.870. The van der Waals surface area contributed by atoms with Crippen LogP contribution in [0.5, 0.6) is 0 Å². The molecule has 0 fully saturated rings. The van der Waals surface area contributed by atoms with Gasteiger partial charge in [0.05, 0.1) is 9.92 Å². The van der Waals surface area contributed by atoms with Crippen LogP contribution in [0.2, 0.25) is 5.02 Å². The monoisotopic (exact) mass is 246 g/mol. The van der Waals surface area contributed by atoms with E-state index < -0.39 is 20.9 Å². The molecule has 0 aromatic heterocycles. The average molecular weight is 247 g/mol. The number of sulfone groups is 1. The van der Waals surface area contributed by atoms with Gasteiger partial charge in [-0.3, -0.25) is 4.79 Å². The molecule has 0 bridgehead atoms. The van der Waals surface area contributed by atoms with E-state index in [2.05, 4.69) is 0 Å². The van der Waals surface area contributed by atoms with Crippen LogP contribution in [-0.2, 0) is 14.6 Å². The van der Waals surface area contributed by atoms with Crippen LogP contribution in [0.4, 0.5) is 0 Å². The fourth-order valence-corrected chi connectivity index (χ4v) is 2.97. The van der Waals surface area contributed by atoms with E-state index in [1.165, 1.54) is 26.0 Å². The molecule has 1 unspecified atom stereocenters. The van der Waals surface area contributed by atoms with E-state index in [4.69, 9.17) is 11.6 Å². The van der Waals surface area contributed by atoms with Gasteiger partial charge < -0.3 is 0 Å². The van der Waals surface area contributed by atoms with E-state index in [0.717, 1.165) is 0 Å². The summed E-state index contributed by atoms with van der Waals surface area (Å²) < 4.78 is 23.8. The van der Waals surface area contributed by atoms with Gasteiger partial charge in [0.15, 0.2) is 9.84 Å². The predicted molar refractivity (Wildman–Crippen MR) is 58.8 cm³/mol. The third-order valence-electron chi connectivity index (χ3n) is 2.18. The number of carbonyl (C=O) groups excluding carboxylic acids is 1. The molecule has 1 atom stereocenters. The second-order valence-corrected chi connectivity index (χ2v) is 5.87. The highest BCUT2D eigenvalue weighted by Gasteiger charge is 2.28. The van der Waals surface area contributed by atoms with Crippen LogP contribution < -0.4 is 0 Å².